The number of nitrogens with zero attached hydrogens (tertiary/aromatic N) is 2. The van der Waals surface area contributed by atoms with E-state index in [2.05, 4.69) is 23.2 Å². The van der Waals surface area contributed by atoms with Gasteiger partial charge in [-0.15, -0.1) is 0 Å². The fraction of sp³-hybridized carbons (Fsp3) is 0.158. The van der Waals surface area contributed by atoms with E-state index in [1.165, 1.54) is 16.6 Å². The molecule has 3 aromatic rings. The first kappa shape index (κ1) is 13.6. The van der Waals surface area contributed by atoms with Gasteiger partial charge in [0.05, 0.1) is 11.6 Å². The monoisotopic (exact) mass is 301 g/mol. The normalized spacial score (nSPS) is 13.6. The van der Waals surface area contributed by atoms with Crippen LogP contribution in [0.4, 0.5) is 0 Å². The molecule has 0 spiro atoms. The highest BCUT2D eigenvalue weighted by Gasteiger charge is 2.24. The Morgan fingerprint density at radius 1 is 1.13 bits per heavy atom. The molecule has 4 heteroatoms. The molecule has 4 nitrogen and oxygen atoms in total. The number of aromatic amines is 1. The van der Waals surface area contributed by atoms with Crippen LogP contribution in [0.2, 0.25) is 0 Å². The largest absolute Gasteiger partial charge is 0.358 e. The summed E-state index contributed by atoms with van der Waals surface area (Å²) in [5, 5.41) is 10.0. The molecule has 1 N–H and O–H groups in total. The van der Waals surface area contributed by atoms with Gasteiger partial charge in [-0.1, -0.05) is 18.2 Å². The van der Waals surface area contributed by atoms with Crippen LogP contribution >= 0.6 is 0 Å². The molecular formula is C19H15N3O. The lowest BCUT2D eigenvalue weighted by Crippen LogP contribution is -2.35. The summed E-state index contributed by atoms with van der Waals surface area (Å²) in [5.74, 6) is 0.0189. The number of para-hydroxylation sites is 1. The van der Waals surface area contributed by atoms with Crippen LogP contribution in [0.3, 0.4) is 0 Å². The van der Waals surface area contributed by atoms with Gasteiger partial charge in [-0.3, -0.25) is 4.79 Å². The van der Waals surface area contributed by atoms with Crippen molar-refractivity contribution in [3.05, 3.63) is 70.9 Å². The minimum absolute atomic E-state index is 0.0189. The fourth-order valence-electron chi connectivity index (χ4n) is 3.21. The highest BCUT2D eigenvalue weighted by atomic mass is 16.2. The van der Waals surface area contributed by atoms with Crippen LogP contribution < -0.4 is 0 Å². The van der Waals surface area contributed by atoms with Crippen molar-refractivity contribution in [3.63, 3.8) is 0 Å². The number of nitriles is 1. The summed E-state index contributed by atoms with van der Waals surface area (Å²) in [5.41, 5.74) is 4.78. The lowest BCUT2D eigenvalue weighted by Gasteiger charge is -2.27. The van der Waals surface area contributed by atoms with Gasteiger partial charge in [0.15, 0.2) is 0 Å². The number of amides is 1. The van der Waals surface area contributed by atoms with E-state index in [0.29, 0.717) is 24.2 Å². The lowest BCUT2D eigenvalue weighted by atomic mass is 10.0. The molecule has 112 valence electrons. The number of carbonyl (C=O) groups is 1. The minimum Gasteiger partial charge on any atom is -0.358 e. The van der Waals surface area contributed by atoms with Crippen molar-refractivity contribution in [3.8, 4) is 6.07 Å². The van der Waals surface area contributed by atoms with E-state index >= 15 is 0 Å². The number of carbonyl (C=O) groups excluding carboxylic acids is 1. The van der Waals surface area contributed by atoms with E-state index in [1.807, 2.05) is 17.0 Å². The van der Waals surface area contributed by atoms with Crippen molar-refractivity contribution in [1.82, 2.24) is 9.88 Å². The molecule has 0 aliphatic carbocycles. The molecule has 0 saturated carbocycles. The average Bonchev–Trinajstić information content (AvgIpc) is 2.99. The third-order valence-corrected chi connectivity index (χ3v) is 4.43. The standard InChI is InChI=1S/C19H15N3O/c20-11-13-5-7-14(8-6-13)19(23)22-10-9-18-16(12-22)15-3-1-2-4-17(15)21-18/h1-8,21H,9-10,12H2. The molecule has 2 heterocycles. The van der Waals surface area contributed by atoms with Crippen molar-refractivity contribution < 1.29 is 4.79 Å². The zero-order valence-corrected chi connectivity index (χ0v) is 12.5. The average molecular weight is 301 g/mol. The summed E-state index contributed by atoms with van der Waals surface area (Å²) in [6.45, 7) is 1.33. The van der Waals surface area contributed by atoms with Crippen molar-refractivity contribution in [2.75, 3.05) is 6.54 Å². The number of nitrogens with one attached hydrogen (secondary N) is 1. The molecule has 1 aromatic heterocycles. The Balaban J connectivity index is 1.64. The maximum atomic E-state index is 12.7. The molecule has 1 amide bonds. The molecule has 0 fully saturated rings. The summed E-state index contributed by atoms with van der Waals surface area (Å²) < 4.78 is 0. The van der Waals surface area contributed by atoms with Gasteiger partial charge in [-0.2, -0.15) is 5.26 Å². The van der Waals surface area contributed by atoms with Gasteiger partial charge in [0.2, 0.25) is 0 Å². The van der Waals surface area contributed by atoms with Crippen LogP contribution in [0, 0.1) is 11.3 Å². The van der Waals surface area contributed by atoms with E-state index in [0.717, 1.165) is 11.9 Å². The van der Waals surface area contributed by atoms with Crippen LogP contribution in [0.1, 0.15) is 27.2 Å². The predicted molar refractivity (Wildman–Crippen MR) is 87.9 cm³/mol. The van der Waals surface area contributed by atoms with Gasteiger partial charge in [-0.05, 0) is 30.3 Å². The van der Waals surface area contributed by atoms with Crippen molar-refractivity contribution in [2.45, 2.75) is 13.0 Å². The van der Waals surface area contributed by atoms with Crippen LogP contribution in [-0.4, -0.2) is 22.3 Å². The summed E-state index contributed by atoms with van der Waals surface area (Å²) >= 11 is 0. The van der Waals surface area contributed by atoms with Crippen LogP contribution in [0.5, 0.6) is 0 Å². The third-order valence-electron chi connectivity index (χ3n) is 4.43. The first-order chi connectivity index (χ1) is 11.3. The minimum atomic E-state index is 0.0189. The third kappa shape index (κ3) is 2.27. The Hall–Kier alpha value is -3.06. The summed E-state index contributed by atoms with van der Waals surface area (Å²) in [7, 11) is 0. The summed E-state index contributed by atoms with van der Waals surface area (Å²) in [4.78, 5) is 18.0. The fourth-order valence-corrected chi connectivity index (χ4v) is 3.21. The Kier molecular flexibility index (Phi) is 3.13. The van der Waals surface area contributed by atoms with Crippen molar-refractivity contribution in [2.24, 2.45) is 0 Å². The zero-order valence-electron chi connectivity index (χ0n) is 12.5. The van der Waals surface area contributed by atoms with Crippen molar-refractivity contribution in [1.29, 1.82) is 5.26 Å². The van der Waals surface area contributed by atoms with Gasteiger partial charge in [0.25, 0.3) is 5.91 Å². The van der Waals surface area contributed by atoms with E-state index in [-0.39, 0.29) is 5.91 Å². The maximum absolute atomic E-state index is 12.7. The number of rotatable bonds is 1. The van der Waals surface area contributed by atoms with E-state index < -0.39 is 0 Å². The zero-order chi connectivity index (χ0) is 15.8. The van der Waals surface area contributed by atoms with E-state index in [9.17, 15) is 4.79 Å². The van der Waals surface area contributed by atoms with Crippen LogP contribution in [-0.2, 0) is 13.0 Å². The van der Waals surface area contributed by atoms with Crippen LogP contribution in [0.25, 0.3) is 10.9 Å². The molecule has 2 aromatic carbocycles. The Morgan fingerprint density at radius 3 is 2.70 bits per heavy atom. The second-order valence-corrected chi connectivity index (χ2v) is 5.79. The van der Waals surface area contributed by atoms with Gasteiger partial charge >= 0.3 is 0 Å². The predicted octanol–water partition coefficient (Wildman–Crippen LogP) is 3.24. The first-order valence-electron chi connectivity index (χ1n) is 7.64. The maximum Gasteiger partial charge on any atom is 0.254 e. The quantitative estimate of drug-likeness (QED) is 0.750. The second-order valence-electron chi connectivity index (χ2n) is 5.79. The molecule has 0 radical (unpaired) electrons. The highest BCUT2D eigenvalue weighted by Crippen LogP contribution is 2.28. The topological polar surface area (TPSA) is 59.9 Å². The number of aromatic nitrogens is 1. The molecule has 0 unspecified atom stereocenters. The summed E-state index contributed by atoms with van der Waals surface area (Å²) in [6, 6.07) is 17.1. The Labute approximate surface area is 134 Å². The van der Waals surface area contributed by atoms with Gasteiger partial charge < -0.3 is 9.88 Å². The molecule has 23 heavy (non-hydrogen) atoms. The van der Waals surface area contributed by atoms with Gasteiger partial charge in [0, 0.05) is 47.2 Å². The number of H-pyrrole nitrogens is 1. The molecule has 1 aliphatic heterocycles. The molecule has 4 rings (SSSR count). The van der Waals surface area contributed by atoms with Crippen molar-refractivity contribution >= 4 is 16.8 Å². The first-order valence-corrected chi connectivity index (χ1v) is 7.64. The van der Waals surface area contributed by atoms with Gasteiger partial charge in [0.1, 0.15) is 0 Å². The second kappa shape index (κ2) is 5.29. The number of hydrogen-bond donors (Lipinski definition) is 1. The lowest BCUT2D eigenvalue weighted by molar-refractivity contribution is 0.0735. The van der Waals surface area contributed by atoms with Crippen LogP contribution in [0.15, 0.2) is 48.5 Å². The SMILES string of the molecule is N#Cc1ccc(C(=O)N2CCc3[nH]c4ccccc4c3C2)cc1. The molecule has 0 bridgehead atoms. The van der Waals surface area contributed by atoms with E-state index in [4.69, 9.17) is 5.26 Å². The van der Waals surface area contributed by atoms with E-state index in [1.54, 1.807) is 24.3 Å². The number of fused-ring (bicyclic) bond motifs is 3. The molecule has 0 atom stereocenters. The molecular weight excluding hydrogens is 286 g/mol. The summed E-state index contributed by atoms with van der Waals surface area (Å²) in [6.07, 6.45) is 0.839. The molecule has 1 aliphatic rings. The Bertz CT molecular complexity index is 931. The highest BCUT2D eigenvalue weighted by molar-refractivity contribution is 5.95. The number of benzene rings is 2. The molecule has 0 saturated heterocycles. The Morgan fingerprint density at radius 2 is 1.91 bits per heavy atom. The number of hydrogen-bond acceptors (Lipinski definition) is 2. The smallest absolute Gasteiger partial charge is 0.254 e. The van der Waals surface area contributed by atoms with Gasteiger partial charge in [-0.25, -0.2) is 0 Å².